The first-order valence-corrected chi connectivity index (χ1v) is 5.25. The Morgan fingerprint density at radius 3 is 3.13 bits per heavy atom. The van der Waals surface area contributed by atoms with Crippen LogP contribution in [0.4, 0.5) is 0 Å². The molecule has 5 nitrogen and oxygen atoms in total. The van der Waals surface area contributed by atoms with E-state index in [1.807, 2.05) is 0 Å². The van der Waals surface area contributed by atoms with Crippen LogP contribution in [0.3, 0.4) is 0 Å². The summed E-state index contributed by atoms with van der Waals surface area (Å²) in [5.41, 5.74) is 6.66. The molecule has 84 valence electrons. The van der Waals surface area contributed by atoms with Crippen LogP contribution in [0.1, 0.15) is 31.7 Å². The molecule has 1 aromatic heterocycles. The van der Waals surface area contributed by atoms with Gasteiger partial charge in [-0.25, -0.2) is 0 Å². The molecule has 0 aromatic carbocycles. The number of hydrogen-bond acceptors (Lipinski definition) is 3. The summed E-state index contributed by atoms with van der Waals surface area (Å²) in [5.74, 6) is -0.0929. The molecule has 1 aromatic rings. The van der Waals surface area contributed by atoms with Crippen molar-refractivity contribution in [2.75, 3.05) is 0 Å². The second kappa shape index (κ2) is 6.19. The smallest absolute Gasteiger partial charge is 0.237 e. The summed E-state index contributed by atoms with van der Waals surface area (Å²) < 4.78 is 0. The molecule has 0 spiro atoms. The molecule has 5 heteroatoms. The largest absolute Gasteiger partial charge is 0.351 e. The van der Waals surface area contributed by atoms with Gasteiger partial charge in [0, 0.05) is 18.3 Å². The van der Waals surface area contributed by atoms with Crippen molar-refractivity contribution in [2.45, 2.75) is 38.8 Å². The molecule has 0 unspecified atom stereocenters. The molecular weight excluding hydrogens is 192 g/mol. The van der Waals surface area contributed by atoms with Crippen molar-refractivity contribution in [3.05, 3.63) is 18.0 Å². The molecule has 1 heterocycles. The van der Waals surface area contributed by atoms with Gasteiger partial charge < -0.3 is 11.1 Å². The summed E-state index contributed by atoms with van der Waals surface area (Å²) in [4.78, 5) is 11.5. The van der Waals surface area contributed by atoms with E-state index in [9.17, 15) is 4.79 Å². The maximum absolute atomic E-state index is 11.5. The number of nitrogens with one attached hydrogen (secondary N) is 2. The van der Waals surface area contributed by atoms with E-state index in [0.29, 0.717) is 6.54 Å². The van der Waals surface area contributed by atoms with Gasteiger partial charge in [-0.05, 0) is 6.42 Å². The van der Waals surface area contributed by atoms with Crippen LogP contribution in [0.15, 0.2) is 12.4 Å². The number of H-pyrrole nitrogens is 1. The minimum absolute atomic E-state index is 0.0929. The third-order valence-corrected chi connectivity index (χ3v) is 2.23. The molecule has 0 saturated carbocycles. The molecule has 1 atom stereocenters. The average molecular weight is 210 g/mol. The zero-order valence-electron chi connectivity index (χ0n) is 8.99. The fraction of sp³-hybridized carbons (Fsp3) is 0.600. The second-order valence-electron chi connectivity index (χ2n) is 3.57. The van der Waals surface area contributed by atoms with E-state index in [4.69, 9.17) is 5.73 Å². The van der Waals surface area contributed by atoms with Gasteiger partial charge in [-0.3, -0.25) is 9.89 Å². The van der Waals surface area contributed by atoms with Gasteiger partial charge in [-0.15, -0.1) is 0 Å². The maximum Gasteiger partial charge on any atom is 0.237 e. The average Bonchev–Trinajstić information content (AvgIpc) is 2.75. The standard InChI is InChI=1S/C10H18N4O/c1-2-3-4-9(11)10(15)12-5-8-6-13-14-7-8/h6-7,9H,2-5,11H2,1H3,(H,12,15)(H,13,14)/t9-/m0/s1. The number of aromatic amines is 1. The molecule has 0 saturated heterocycles. The second-order valence-corrected chi connectivity index (χ2v) is 3.57. The number of rotatable bonds is 6. The SMILES string of the molecule is CCCC[C@H](N)C(=O)NCc1cn[nH]c1. The van der Waals surface area contributed by atoms with Crippen molar-refractivity contribution >= 4 is 5.91 Å². The Labute approximate surface area is 89.4 Å². The summed E-state index contributed by atoms with van der Waals surface area (Å²) in [6.07, 6.45) is 6.21. The van der Waals surface area contributed by atoms with E-state index >= 15 is 0 Å². The summed E-state index contributed by atoms with van der Waals surface area (Å²) in [5, 5.41) is 9.24. The molecule has 4 N–H and O–H groups in total. The molecule has 0 radical (unpaired) electrons. The number of amides is 1. The van der Waals surface area contributed by atoms with Crippen molar-refractivity contribution in [1.29, 1.82) is 0 Å². The number of nitrogens with two attached hydrogens (primary N) is 1. The topological polar surface area (TPSA) is 83.8 Å². The fourth-order valence-corrected chi connectivity index (χ4v) is 1.25. The van der Waals surface area contributed by atoms with Gasteiger partial charge in [-0.2, -0.15) is 5.10 Å². The third-order valence-electron chi connectivity index (χ3n) is 2.23. The molecule has 0 aliphatic heterocycles. The predicted molar refractivity (Wildman–Crippen MR) is 57.9 cm³/mol. The van der Waals surface area contributed by atoms with E-state index in [2.05, 4.69) is 22.4 Å². The summed E-state index contributed by atoms with van der Waals surface area (Å²) in [6.45, 7) is 2.56. The lowest BCUT2D eigenvalue weighted by molar-refractivity contribution is -0.122. The van der Waals surface area contributed by atoms with Crippen LogP contribution in [-0.2, 0) is 11.3 Å². The minimum Gasteiger partial charge on any atom is -0.351 e. The van der Waals surface area contributed by atoms with Crippen molar-refractivity contribution in [1.82, 2.24) is 15.5 Å². The first kappa shape index (κ1) is 11.7. The zero-order chi connectivity index (χ0) is 11.1. The molecule has 1 rings (SSSR count). The molecule has 0 aliphatic carbocycles. The number of nitrogens with zero attached hydrogens (tertiary/aromatic N) is 1. The highest BCUT2D eigenvalue weighted by Crippen LogP contribution is 1.99. The summed E-state index contributed by atoms with van der Waals surface area (Å²) in [6, 6.07) is -0.392. The van der Waals surface area contributed by atoms with Crippen LogP contribution in [0, 0.1) is 0 Å². The molecule has 15 heavy (non-hydrogen) atoms. The van der Waals surface area contributed by atoms with Crippen molar-refractivity contribution in [3.8, 4) is 0 Å². The van der Waals surface area contributed by atoms with E-state index < -0.39 is 6.04 Å². The Morgan fingerprint density at radius 2 is 2.53 bits per heavy atom. The van der Waals surface area contributed by atoms with Crippen LogP contribution in [-0.4, -0.2) is 22.1 Å². The van der Waals surface area contributed by atoms with Gasteiger partial charge in [0.15, 0.2) is 0 Å². The fourth-order valence-electron chi connectivity index (χ4n) is 1.25. The number of unbranched alkanes of at least 4 members (excludes halogenated alkanes) is 1. The lowest BCUT2D eigenvalue weighted by Crippen LogP contribution is -2.40. The number of hydrogen-bond donors (Lipinski definition) is 3. The third kappa shape index (κ3) is 4.12. The van der Waals surface area contributed by atoms with Gasteiger partial charge in [0.1, 0.15) is 0 Å². The Balaban J connectivity index is 2.23. The Kier molecular flexibility index (Phi) is 4.83. The molecule has 1 amide bonds. The minimum atomic E-state index is -0.392. The first-order valence-electron chi connectivity index (χ1n) is 5.25. The highest BCUT2D eigenvalue weighted by molar-refractivity contribution is 5.81. The van der Waals surface area contributed by atoms with Gasteiger partial charge in [0.2, 0.25) is 5.91 Å². The maximum atomic E-state index is 11.5. The van der Waals surface area contributed by atoms with Crippen molar-refractivity contribution in [2.24, 2.45) is 5.73 Å². The van der Waals surface area contributed by atoms with Crippen LogP contribution in [0.25, 0.3) is 0 Å². The number of carbonyl (C=O) groups is 1. The van der Waals surface area contributed by atoms with Gasteiger partial charge in [0.05, 0.1) is 12.2 Å². The Bertz CT molecular complexity index is 284. The Hall–Kier alpha value is -1.36. The van der Waals surface area contributed by atoms with Crippen LogP contribution in [0.2, 0.25) is 0 Å². The molecule has 0 aliphatic rings. The van der Waals surface area contributed by atoms with Crippen LogP contribution in [0.5, 0.6) is 0 Å². The highest BCUT2D eigenvalue weighted by Gasteiger charge is 2.11. The van der Waals surface area contributed by atoms with E-state index in [1.165, 1.54) is 0 Å². The zero-order valence-corrected chi connectivity index (χ0v) is 8.99. The first-order chi connectivity index (χ1) is 7.24. The molecular formula is C10H18N4O. The van der Waals surface area contributed by atoms with E-state index in [1.54, 1.807) is 12.4 Å². The van der Waals surface area contributed by atoms with Gasteiger partial charge in [-0.1, -0.05) is 19.8 Å². The summed E-state index contributed by atoms with van der Waals surface area (Å²) >= 11 is 0. The lowest BCUT2D eigenvalue weighted by Gasteiger charge is -2.10. The van der Waals surface area contributed by atoms with Gasteiger partial charge in [0.25, 0.3) is 0 Å². The molecule has 0 bridgehead atoms. The Morgan fingerprint density at radius 1 is 1.73 bits per heavy atom. The van der Waals surface area contributed by atoms with Crippen molar-refractivity contribution in [3.63, 3.8) is 0 Å². The van der Waals surface area contributed by atoms with E-state index in [-0.39, 0.29) is 5.91 Å². The van der Waals surface area contributed by atoms with Crippen LogP contribution >= 0.6 is 0 Å². The summed E-state index contributed by atoms with van der Waals surface area (Å²) in [7, 11) is 0. The predicted octanol–water partition coefficient (Wildman–Crippen LogP) is 0.543. The number of carbonyl (C=O) groups excluding carboxylic acids is 1. The van der Waals surface area contributed by atoms with Gasteiger partial charge >= 0.3 is 0 Å². The number of aromatic nitrogens is 2. The lowest BCUT2D eigenvalue weighted by atomic mass is 10.1. The normalized spacial score (nSPS) is 12.4. The van der Waals surface area contributed by atoms with E-state index in [0.717, 1.165) is 24.8 Å². The monoisotopic (exact) mass is 210 g/mol. The van der Waals surface area contributed by atoms with Crippen LogP contribution < -0.4 is 11.1 Å². The van der Waals surface area contributed by atoms with Crippen molar-refractivity contribution < 1.29 is 4.79 Å². The highest BCUT2D eigenvalue weighted by atomic mass is 16.2. The quantitative estimate of drug-likeness (QED) is 0.641. The molecule has 0 fully saturated rings.